The molecule has 0 bridgehead atoms. The van der Waals surface area contributed by atoms with Gasteiger partial charge in [-0.05, 0) is 30.3 Å². The molecule has 0 saturated carbocycles. The van der Waals surface area contributed by atoms with Gasteiger partial charge in [0, 0.05) is 10.7 Å². The van der Waals surface area contributed by atoms with Gasteiger partial charge in [0.25, 0.3) is 5.91 Å². The molecule has 5 nitrogen and oxygen atoms in total. The Labute approximate surface area is 131 Å². The highest BCUT2D eigenvalue weighted by molar-refractivity contribution is 6.35. The Hall–Kier alpha value is -2.24. The maximum Gasteiger partial charge on any atom is 0.337 e. The molecule has 0 heterocycles. The zero-order valence-corrected chi connectivity index (χ0v) is 12.2. The Morgan fingerprint density at radius 3 is 2.33 bits per heavy atom. The van der Waals surface area contributed by atoms with E-state index in [1.165, 1.54) is 12.1 Å². The number of anilines is 1. The molecule has 2 aromatic rings. The minimum absolute atomic E-state index is 0.171. The average Bonchev–Trinajstić information content (AvgIpc) is 2.48. The van der Waals surface area contributed by atoms with Crippen LogP contribution in [0.25, 0.3) is 0 Å². The number of urea groups is 1. The van der Waals surface area contributed by atoms with Gasteiger partial charge in [-0.2, -0.15) is 0 Å². The number of hydrogen-bond donors (Lipinski definition) is 3. The Morgan fingerprint density at radius 1 is 0.905 bits per heavy atom. The number of rotatable bonds is 2. The van der Waals surface area contributed by atoms with Crippen molar-refractivity contribution < 1.29 is 9.59 Å². The fourth-order valence-corrected chi connectivity index (χ4v) is 1.91. The molecule has 0 fully saturated rings. The molecular weight excluding hydrogens is 313 g/mol. The average molecular weight is 324 g/mol. The lowest BCUT2D eigenvalue weighted by Gasteiger charge is -2.10. The van der Waals surface area contributed by atoms with Gasteiger partial charge in [-0.25, -0.2) is 10.2 Å². The van der Waals surface area contributed by atoms with E-state index in [-0.39, 0.29) is 10.6 Å². The van der Waals surface area contributed by atoms with E-state index in [9.17, 15) is 9.59 Å². The second-order valence-electron chi connectivity index (χ2n) is 4.02. The molecule has 108 valence electrons. The van der Waals surface area contributed by atoms with Crippen LogP contribution in [0.4, 0.5) is 10.5 Å². The van der Waals surface area contributed by atoms with Crippen LogP contribution >= 0.6 is 23.2 Å². The summed E-state index contributed by atoms with van der Waals surface area (Å²) in [7, 11) is 0. The van der Waals surface area contributed by atoms with Crippen LogP contribution < -0.4 is 16.2 Å². The fourth-order valence-electron chi connectivity index (χ4n) is 1.54. The number of benzene rings is 2. The fraction of sp³-hybridized carbons (Fsp3) is 0. The molecule has 2 aromatic carbocycles. The van der Waals surface area contributed by atoms with Gasteiger partial charge in [0.05, 0.1) is 10.6 Å². The molecule has 0 unspecified atom stereocenters. The van der Waals surface area contributed by atoms with Gasteiger partial charge in [0.1, 0.15) is 0 Å². The molecule has 0 saturated heterocycles. The van der Waals surface area contributed by atoms with E-state index in [0.29, 0.717) is 10.7 Å². The van der Waals surface area contributed by atoms with Crippen LogP contribution in [0.15, 0.2) is 48.5 Å². The lowest BCUT2D eigenvalue weighted by Crippen LogP contribution is -2.44. The molecule has 0 aliphatic rings. The molecule has 0 aromatic heterocycles. The first-order valence-corrected chi connectivity index (χ1v) is 6.69. The van der Waals surface area contributed by atoms with Gasteiger partial charge in [0.2, 0.25) is 0 Å². The van der Waals surface area contributed by atoms with Crippen LogP contribution in [0.3, 0.4) is 0 Å². The largest absolute Gasteiger partial charge is 0.337 e. The van der Waals surface area contributed by atoms with Crippen molar-refractivity contribution in [3.8, 4) is 0 Å². The highest BCUT2D eigenvalue weighted by Gasteiger charge is 2.11. The number of nitrogens with one attached hydrogen (secondary N) is 3. The molecule has 0 aliphatic heterocycles. The number of hydrogen-bond acceptors (Lipinski definition) is 2. The third-order valence-electron chi connectivity index (χ3n) is 2.49. The minimum Gasteiger partial charge on any atom is -0.307 e. The van der Waals surface area contributed by atoms with E-state index < -0.39 is 11.9 Å². The van der Waals surface area contributed by atoms with Gasteiger partial charge >= 0.3 is 6.03 Å². The molecule has 0 atom stereocenters. The quantitative estimate of drug-likeness (QED) is 0.741. The van der Waals surface area contributed by atoms with Crippen molar-refractivity contribution >= 4 is 40.8 Å². The summed E-state index contributed by atoms with van der Waals surface area (Å²) in [5.74, 6) is -0.564. The molecule has 2 rings (SSSR count). The maximum absolute atomic E-state index is 11.9. The summed E-state index contributed by atoms with van der Waals surface area (Å²) < 4.78 is 0. The first kappa shape index (κ1) is 15.2. The van der Waals surface area contributed by atoms with Gasteiger partial charge in [-0.15, -0.1) is 0 Å². The van der Waals surface area contributed by atoms with Crippen molar-refractivity contribution in [3.05, 3.63) is 64.1 Å². The van der Waals surface area contributed by atoms with Crippen LogP contribution in [-0.2, 0) is 0 Å². The van der Waals surface area contributed by atoms with E-state index in [1.807, 2.05) is 6.07 Å². The number of carbonyl (C=O) groups excluding carboxylic acids is 2. The first-order valence-electron chi connectivity index (χ1n) is 5.93. The second kappa shape index (κ2) is 6.97. The van der Waals surface area contributed by atoms with E-state index in [4.69, 9.17) is 23.2 Å². The molecule has 21 heavy (non-hydrogen) atoms. The molecule has 0 aliphatic carbocycles. The summed E-state index contributed by atoms with van der Waals surface area (Å²) in [6.07, 6.45) is 0. The van der Waals surface area contributed by atoms with Crippen molar-refractivity contribution in [2.75, 3.05) is 5.32 Å². The standard InChI is InChI=1S/C14H11Cl2N3O2/c15-9-6-7-12(16)11(8-9)13(20)18-19-14(21)17-10-4-2-1-3-5-10/h1-8H,(H,18,20)(H2,17,19,21). The molecule has 0 radical (unpaired) electrons. The number of hydrazine groups is 1. The number of carbonyl (C=O) groups is 2. The zero-order chi connectivity index (χ0) is 15.2. The molecule has 3 N–H and O–H groups in total. The smallest absolute Gasteiger partial charge is 0.307 e. The zero-order valence-electron chi connectivity index (χ0n) is 10.7. The Kier molecular flexibility index (Phi) is 5.03. The summed E-state index contributed by atoms with van der Waals surface area (Å²) >= 11 is 11.7. The van der Waals surface area contributed by atoms with Crippen molar-refractivity contribution in [1.82, 2.24) is 10.9 Å². The first-order chi connectivity index (χ1) is 10.1. The van der Waals surface area contributed by atoms with Crippen LogP contribution in [0, 0.1) is 0 Å². The monoisotopic (exact) mass is 323 g/mol. The predicted octanol–water partition coefficient (Wildman–Crippen LogP) is 3.46. The summed E-state index contributed by atoms with van der Waals surface area (Å²) in [5, 5.41) is 3.16. The highest BCUT2D eigenvalue weighted by Crippen LogP contribution is 2.20. The normalized spacial score (nSPS) is 9.81. The number of amides is 3. The lowest BCUT2D eigenvalue weighted by molar-refractivity contribution is 0.0938. The number of para-hydroxylation sites is 1. The summed E-state index contributed by atoms with van der Waals surface area (Å²) in [6, 6.07) is 12.7. The van der Waals surface area contributed by atoms with E-state index >= 15 is 0 Å². The van der Waals surface area contributed by atoms with E-state index in [0.717, 1.165) is 0 Å². The maximum atomic E-state index is 11.9. The molecule has 7 heteroatoms. The third kappa shape index (κ3) is 4.37. The second-order valence-corrected chi connectivity index (χ2v) is 4.87. The Bertz CT molecular complexity index is 663. The van der Waals surface area contributed by atoms with Crippen molar-refractivity contribution in [2.24, 2.45) is 0 Å². The molecular formula is C14H11Cl2N3O2. The molecule has 3 amide bonds. The SMILES string of the molecule is O=C(NNC(=O)c1cc(Cl)ccc1Cl)Nc1ccccc1. The summed E-state index contributed by atoms with van der Waals surface area (Å²) in [4.78, 5) is 23.5. The Morgan fingerprint density at radius 2 is 1.62 bits per heavy atom. The topological polar surface area (TPSA) is 70.2 Å². The van der Waals surface area contributed by atoms with Crippen LogP contribution in [0.1, 0.15) is 10.4 Å². The van der Waals surface area contributed by atoms with Crippen LogP contribution in [-0.4, -0.2) is 11.9 Å². The van der Waals surface area contributed by atoms with Crippen molar-refractivity contribution in [1.29, 1.82) is 0 Å². The van der Waals surface area contributed by atoms with E-state index in [1.54, 1.807) is 30.3 Å². The van der Waals surface area contributed by atoms with Crippen LogP contribution in [0.5, 0.6) is 0 Å². The van der Waals surface area contributed by atoms with Gasteiger partial charge in [0.15, 0.2) is 0 Å². The van der Waals surface area contributed by atoms with Crippen molar-refractivity contribution in [2.45, 2.75) is 0 Å². The number of halogens is 2. The lowest BCUT2D eigenvalue weighted by atomic mass is 10.2. The van der Waals surface area contributed by atoms with Gasteiger partial charge in [-0.3, -0.25) is 10.2 Å². The van der Waals surface area contributed by atoms with Gasteiger partial charge in [-0.1, -0.05) is 41.4 Å². The summed E-state index contributed by atoms with van der Waals surface area (Å²) in [5.41, 5.74) is 5.24. The third-order valence-corrected chi connectivity index (χ3v) is 3.06. The molecule has 0 spiro atoms. The highest BCUT2D eigenvalue weighted by atomic mass is 35.5. The predicted molar refractivity (Wildman–Crippen MR) is 82.5 cm³/mol. The van der Waals surface area contributed by atoms with E-state index in [2.05, 4.69) is 16.2 Å². The minimum atomic E-state index is -0.576. The van der Waals surface area contributed by atoms with Crippen molar-refractivity contribution in [3.63, 3.8) is 0 Å². The van der Waals surface area contributed by atoms with Crippen LogP contribution in [0.2, 0.25) is 10.0 Å². The van der Waals surface area contributed by atoms with Gasteiger partial charge < -0.3 is 5.32 Å². The Balaban J connectivity index is 1.92. The summed E-state index contributed by atoms with van der Waals surface area (Å²) in [6.45, 7) is 0.